The van der Waals surface area contributed by atoms with E-state index in [1.165, 1.54) is 0 Å². The van der Waals surface area contributed by atoms with E-state index < -0.39 is 29.6 Å². The number of benzene rings is 2. The number of carboxylic acids is 1. The van der Waals surface area contributed by atoms with Crippen molar-refractivity contribution >= 4 is 18.0 Å². The van der Waals surface area contributed by atoms with Crippen LogP contribution < -0.4 is 10.6 Å². The molecule has 3 N–H and O–H groups in total. The van der Waals surface area contributed by atoms with Crippen LogP contribution in [0, 0.1) is 5.92 Å². The number of rotatable bonds is 8. The van der Waals surface area contributed by atoms with E-state index in [0.717, 1.165) is 22.3 Å². The monoisotopic (exact) mass is 480 g/mol. The van der Waals surface area contributed by atoms with Gasteiger partial charge in [0.2, 0.25) is 5.91 Å². The minimum Gasteiger partial charge on any atom is -0.480 e. The second-order valence-corrected chi connectivity index (χ2v) is 9.57. The minimum atomic E-state index is -1.33. The summed E-state index contributed by atoms with van der Waals surface area (Å²) in [5, 5.41) is 15.2. The molecule has 2 aromatic rings. The van der Waals surface area contributed by atoms with Gasteiger partial charge in [-0.25, -0.2) is 9.59 Å². The highest BCUT2D eigenvalue weighted by Gasteiger charge is 2.42. The number of aliphatic carboxylic acids is 1. The molecule has 0 bridgehead atoms. The Morgan fingerprint density at radius 2 is 1.60 bits per heavy atom. The molecule has 1 atom stereocenters. The Bertz CT molecular complexity index is 1050. The van der Waals surface area contributed by atoms with Crippen molar-refractivity contribution in [2.75, 3.05) is 19.8 Å². The lowest BCUT2D eigenvalue weighted by Gasteiger charge is -2.34. The van der Waals surface area contributed by atoms with Crippen LogP contribution in [-0.4, -0.2) is 54.5 Å². The Morgan fingerprint density at radius 3 is 2.14 bits per heavy atom. The van der Waals surface area contributed by atoms with Gasteiger partial charge in [0.15, 0.2) is 0 Å². The summed E-state index contributed by atoms with van der Waals surface area (Å²) in [6.45, 7) is 4.52. The van der Waals surface area contributed by atoms with Gasteiger partial charge in [0.25, 0.3) is 0 Å². The molecule has 8 nitrogen and oxygen atoms in total. The Hall–Kier alpha value is -3.39. The van der Waals surface area contributed by atoms with Gasteiger partial charge in [-0.2, -0.15) is 0 Å². The maximum Gasteiger partial charge on any atom is 0.407 e. The Balaban J connectivity index is 1.37. The summed E-state index contributed by atoms with van der Waals surface area (Å²) in [6.07, 6.45) is -0.226. The third-order valence-corrected chi connectivity index (χ3v) is 6.99. The highest BCUT2D eigenvalue weighted by molar-refractivity contribution is 5.87. The molecule has 0 spiro atoms. The normalized spacial score (nSPS) is 17.2. The quantitative estimate of drug-likeness (QED) is 0.531. The molecular formula is C27H32N2O6. The summed E-state index contributed by atoms with van der Waals surface area (Å²) >= 11 is 0. The molecule has 0 radical (unpaired) electrons. The lowest BCUT2D eigenvalue weighted by atomic mass is 9.89. The van der Waals surface area contributed by atoms with E-state index in [0.29, 0.717) is 0 Å². The fourth-order valence-corrected chi connectivity index (χ4v) is 4.87. The van der Waals surface area contributed by atoms with E-state index in [4.69, 9.17) is 9.47 Å². The van der Waals surface area contributed by atoms with Gasteiger partial charge < -0.3 is 25.2 Å². The first-order valence-corrected chi connectivity index (χ1v) is 12.0. The molecule has 2 amide bonds. The molecule has 0 unspecified atom stereocenters. The minimum absolute atomic E-state index is 0.0439. The van der Waals surface area contributed by atoms with Crippen LogP contribution in [0.5, 0.6) is 0 Å². The molecule has 2 aliphatic rings. The van der Waals surface area contributed by atoms with E-state index in [1.54, 1.807) is 0 Å². The van der Waals surface area contributed by atoms with Gasteiger partial charge in [0.1, 0.15) is 12.1 Å². The highest BCUT2D eigenvalue weighted by atomic mass is 16.5. The lowest BCUT2D eigenvalue weighted by molar-refractivity contribution is -0.152. The van der Waals surface area contributed by atoms with E-state index in [9.17, 15) is 19.5 Å². The van der Waals surface area contributed by atoms with Gasteiger partial charge in [-0.05, 0) is 28.2 Å². The summed E-state index contributed by atoms with van der Waals surface area (Å²) in [6, 6.07) is 15.7. The highest BCUT2D eigenvalue weighted by Crippen LogP contribution is 2.44. The number of carbonyl (C=O) groups excluding carboxylic acids is 2. The van der Waals surface area contributed by atoms with Crippen LogP contribution in [0.15, 0.2) is 48.5 Å². The van der Waals surface area contributed by atoms with Crippen molar-refractivity contribution in [3.63, 3.8) is 0 Å². The molecule has 0 saturated carbocycles. The van der Waals surface area contributed by atoms with Crippen LogP contribution >= 0.6 is 0 Å². The van der Waals surface area contributed by atoms with Crippen LogP contribution in [0.2, 0.25) is 0 Å². The molecule has 2 aromatic carbocycles. The molecule has 1 saturated heterocycles. The zero-order chi connectivity index (χ0) is 25.0. The maximum atomic E-state index is 12.8. The van der Waals surface area contributed by atoms with Gasteiger partial charge in [-0.3, -0.25) is 4.79 Å². The Morgan fingerprint density at radius 1 is 1.03 bits per heavy atom. The summed E-state index contributed by atoms with van der Waals surface area (Å²) in [5.74, 6) is -1.61. The fraction of sp³-hybridized carbons (Fsp3) is 0.444. The number of fused-ring (bicyclic) bond motifs is 3. The third-order valence-electron chi connectivity index (χ3n) is 6.99. The van der Waals surface area contributed by atoms with Crippen molar-refractivity contribution in [1.29, 1.82) is 0 Å². The largest absolute Gasteiger partial charge is 0.480 e. The van der Waals surface area contributed by atoms with E-state index >= 15 is 0 Å². The van der Waals surface area contributed by atoms with Gasteiger partial charge in [-0.15, -0.1) is 0 Å². The third kappa shape index (κ3) is 5.32. The molecule has 1 aliphatic carbocycles. The zero-order valence-electron chi connectivity index (χ0n) is 20.1. The van der Waals surface area contributed by atoms with Crippen LogP contribution in [-0.2, 0) is 19.1 Å². The lowest BCUT2D eigenvalue weighted by Crippen LogP contribution is -2.58. The second-order valence-electron chi connectivity index (χ2n) is 9.57. The number of hydrogen-bond acceptors (Lipinski definition) is 5. The van der Waals surface area contributed by atoms with Crippen molar-refractivity contribution in [2.24, 2.45) is 5.92 Å². The number of hydrogen-bond donors (Lipinski definition) is 3. The van der Waals surface area contributed by atoms with Gasteiger partial charge in [0.05, 0.1) is 0 Å². The van der Waals surface area contributed by atoms with E-state index in [1.807, 2.05) is 38.1 Å². The number of amides is 2. The summed E-state index contributed by atoms with van der Waals surface area (Å²) in [7, 11) is 0. The van der Waals surface area contributed by atoms with Gasteiger partial charge >= 0.3 is 12.1 Å². The zero-order valence-corrected chi connectivity index (χ0v) is 20.1. The Kier molecular flexibility index (Phi) is 7.40. The van der Waals surface area contributed by atoms with Crippen LogP contribution in [0.25, 0.3) is 11.1 Å². The van der Waals surface area contributed by atoms with Crippen LogP contribution in [0.3, 0.4) is 0 Å². The molecule has 186 valence electrons. The summed E-state index contributed by atoms with van der Waals surface area (Å²) in [4.78, 5) is 37.3. The van der Waals surface area contributed by atoms with Crippen molar-refractivity contribution in [3.05, 3.63) is 59.7 Å². The number of carboxylic acid groups (broad SMARTS) is 1. The molecule has 1 aliphatic heterocycles. The Labute approximate surface area is 205 Å². The second kappa shape index (κ2) is 10.5. The smallest absolute Gasteiger partial charge is 0.407 e. The molecule has 1 fully saturated rings. The average Bonchev–Trinajstić information content (AvgIpc) is 3.16. The van der Waals surface area contributed by atoms with E-state index in [-0.39, 0.29) is 50.9 Å². The summed E-state index contributed by atoms with van der Waals surface area (Å²) in [5.41, 5.74) is 3.21. The standard InChI is InChI=1S/C27H32N2O6/c1-17(2)23(15-24(30)29-27(25(31)32)11-13-34-14-12-27)28-26(33)35-16-22-20-9-5-3-7-18(20)19-8-4-6-10-21(19)22/h3-10,17,22-23H,11-16H2,1-2H3,(H,28,33)(H,29,30)(H,31,32)/t23-/m0/s1. The van der Waals surface area contributed by atoms with Gasteiger partial charge in [0, 0.05) is 44.4 Å². The van der Waals surface area contributed by atoms with Crippen molar-refractivity contribution in [1.82, 2.24) is 10.6 Å². The topological polar surface area (TPSA) is 114 Å². The predicted octanol–water partition coefficient (Wildman–Crippen LogP) is 3.69. The van der Waals surface area contributed by atoms with Crippen molar-refractivity contribution in [3.8, 4) is 11.1 Å². The number of alkyl carbamates (subject to hydrolysis) is 1. The van der Waals surface area contributed by atoms with Crippen molar-refractivity contribution < 1.29 is 29.0 Å². The molecule has 0 aromatic heterocycles. The molecular weight excluding hydrogens is 448 g/mol. The average molecular weight is 481 g/mol. The first-order chi connectivity index (χ1) is 16.8. The number of nitrogens with one attached hydrogen (secondary N) is 2. The van der Waals surface area contributed by atoms with Gasteiger partial charge in [-0.1, -0.05) is 62.4 Å². The molecule has 35 heavy (non-hydrogen) atoms. The SMILES string of the molecule is CC(C)[C@H](CC(=O)NC1(C(=O)O)CCOCC1)NC(=O)OCC1c2ccccc2-c2ccccc21. The van der Waals surface area contributed by atoms with Crippen molar-refractivity contribution in [2.45, 2.75) is 50.6 Å². The number of ether oxygens (including phenoxy) is 2. The van der Waals surface area contributed by atoms with Crippen LogP contribution in [0.1, 0.15) is 50.2 Å². The fourth-order valence-electron chi connectivity index (χ4n) is 4.87. The number of carbonyl (C=O) groups is 3. The maximum absolute atomic E-state index is 12.8. The first-order valence-electron chi connectivity index (χ1n) is 12.0. The van der Waals surface area contributed by atoms with E-state index in [2.05, 4.69) is 34.9 Å². The summed E-state index contributed by atoms with van der Waals surface area (Å²) < 4.78 is 10.9. The molecule has 4 rings (SSSR count). The first kappa shape index (κ1) is 24.7. The predicted molar refractivity (Wildman–Crippen MR) is 130 cm³/mol. The molecule has 1 heterocycles. The molecule has 8 heteroatoms. The van der Waals surface area contributed by atoms with Crippen LogP contribution in [0.4, 0.5) is 4.79 Å².